The van der Waals surface area contributed by atoms with Crippen LogP contribution in [-0.4, -0.2) is 32.7 Å². The molecule has 0 spiro atoms. The Kier molecular flexibility index (Phi) is 6.80. The van der Waals surface area contributed by atoms with Crippen molar-refractivity contribution in [2.24, 2.45) is 0 Å². The highest BCUT2D eigenvalue weighted by molar-refractivity contribution is 9.10. The molecule has 1 heterocycles. The summed E-state index contributed by atoms with van der Waals surface area (Å²) in [5.41, 5.74) is 0.954. The number of thiocarbonyl (C=S) groups is 1. The quantitative estimate of drug-likeness (QED) is 0.410. The summed E-state index contributed by atoms with van der Waals surface area (Å²) >= 11 is 9.97. The fourth-order valence-corrected chi connectivity index (χ4v) is 3.70. The number of amides is 1. The van der Waals surface area contributed by atoms with E-state index in [0.717, 1.165) is 22.9 Å². The van der Waals surface area contributed by atoms with Crippen molar-refractivity contribution < 1.29 is 14.7 Å². The third kappa shape index (κ3) is 5.44. The molecule has 0 unspecified atom stereocenters. The van der Waals surface area contributed by atoms with Gasteiger partial charge in [0.25, 0.3) is 5.91 Å². The van der Waals surface area contributed by atoms with E-state index in [1.165, 1.54) is 11.8 Å². The summed E-state index contributed by atoms with van der Waals surface area (Å²) in [5.74, 6) is -0.853. The van der Waals surface area contributed by atoms with Gasteiger partial charge < -0.3 is 5.11 Å². The van der Waals surface area contributed by atoms with E-state index < -0.39 is 5.97 Å². The number of nitrogens with zero attached hydrogens (tertiary/aromatic N) is 1. The van der Waals surface area contributed by atoms with E-state index in [-0.39, 0.29) is 12.3 Å². The van der Waals surface area contributed by atoms with Gasteiger partial charge >= 0.3 is 5.97 Å². The molecule has 7 heteroatoms. The van der Waals surface area contributed by atoms with Crippen molar-refractivity contribution in [2.75, 3.05) is 6.54 Å². The van der Waals surface area contributed by atoms with Gasteiger partial charge in [-0.3, -0.25) is 14.5 Å². The Balaban J connectivity index is 1.91. The van der Waals surface area contributed by atoms with Gasteiger partial charge in [-0.15, -0.1) is 0 Å². The summed E-state index contributed by atoms with van der Waals surface area (Å²) in [7, 11) is 0. The number of aliphatic carboxylic acids is 1. The van der Waals surface area contributed by atoms with Crippen molar-refractivity contribution in [2.45, 2.75) is 25.7 Å². The molecule has 1 fully saturated rings. The molecule has 1 aliphatic heterocycles. The zero-order valence-corrected chi connectivity index (χ0v) is 15.5. The lowest BCUT2D eigenvalue weighted by Crippen LogP contribution is -2.29. The van der Waals surface area contributed by atoms with Gasteiger partial charge in [0.1, 0.15) is 4.32 Å². The number of carboxylic acids is 1. The number of hydrogen-bond acceptors (Lipinski definition) is 4. The van der Waals surface area contributed by atoms with Gasteiger partial charge in [-0.25, -0.2) is 0 Å². The minimum absolute atomic E-state index is 0.0684. The van der Waals surface area contributed by atoms with E-state index in [9.17, 15) is 9.59 Å². The van der Waals surface area contributed by atoms with E-state index in [1.807, 2.05) is 30.3 Å². The molecule has 2 rings (SSSR count). The number of carbonyl (C=O) groups is 2. The molecule has 4 nitrogen and oxygen atoms in total. The second kappa shape index (κ2) is 8.61. The number of benzene rings is 1. The fraction of sp³-hybridized carbons (Fsp3) is 0.312. The van der Waals surface area contributed by atoms with Crippen molar-refractivity contribution in [3.05, 3.63) is 39.2 Å². The summed E-state index contributed by atoms with van der Waals surface area (Å²) in [5, 5.41) is 8.60. The van der Waals surface area contributed by atoms with Crippen molar-refractivity contribution >= 4 is 62.2 Å². The fourth-order valence-electron chi connectivity index (χ4n) is 2.13. The van der Waals surface area contributed by atoms with Gasteiger partial charge in [0.2, 0.25) is 0 Å². The average molecular weight is 414 g/mol. The maximum atomic E-state index is 12.4. The molecule has 23 heavy (non-hydrogen) atoms. The number of thioether (sulfide) groups is 1. The van der Waals surface area contributed by atoms with Crippen LogP contribution in [0.15, 0.2) is 33.6 Å². The molecule has 1 amide bonds. The topological polar surface area (TPSA) is 57.6 Å². The summed E-state index contributed by atoms with van der Waals surface area (Å²) in [6, 6.07) is 7.72. The minimum atomic E-state index is -0.784. The molecule has 0 radical (unpaired) electrons. The molecule has 122 valence electrons. The second-order valence-electron chi connectivity index (χ2n) is 5.09. The molecule has 0 aliphatic carbocycles. The first kappa shape index (κ1) is 18.2. The number of carboxylic acid groups (broad SMARTS) is 1. The molecule has 1 aliphatic rings. The highest BCUT2D eigenvalue weighted by atomic mass is 79.9. The van der Waals surface area contributed by atoms with E-state index in [0.29, 0.717) is 22.2 Å². The summed E-state index contributed by atoms with van der Waals surface area (Å²) in [4.78, 5) is 25.1. The van der Waals surface area contributed by atoms with Gasteiger partial charge in [-0.2, -0.15) is 0 Å². The number of halogens is 1. The van der Waals surface area contributed by atoms with E-state index in [1.54, 1.807) is 4.90 Å². The first-order valence-electron chi connectivity index (χ1n) is 7.20. The molecule has 1 N–H and O–H groups in total. The Morgan fingerprint density at radius 2 is 1.96 bits per heavy atom. The Labute approximate surface area is 153 Å². The predicted molar refractivity (Wildman–Crippen MR) is 100 cm³/mol. The lowest BCUT2D eigenvalue weighted by Gasteiger charge is -2.13. The van der Waals surface area contributed by atoms with Crippen LogP contribution in [0.4, 0.5) is 0 Å². The van der Waals surface area contributed by atoms with Crippen LogP contribution in [0.5, 0.6) is 0 Å². The van der Waals surface area contributed by atoms with Crippen LogP contribution in [-0.2, 0) is 9.59 Å². The van der Waals surface area contributed by atoms with Crippen LogP contribution in [0.1, 0.15) is 31.2 Å². The minimum Gasteiger partial charge on any atom is -0.481 e. The predicted octanol–water partition coefficient (Wildman–Crippen LogP) is 4.30. The van der Waals surface area contributed by atoms with E-state index >= 15 is 0 Å². The van der Waals surface area contributed by atoms with Gasteiger partial charge in [-0.05, 0) is 36.6 Å². The Morgan fingerprint density at radius 1 is 1.26 bits per heavy atom. The molecule has 0 bridgehead atoms. The third-order valence-electron chi connectivity index (χ3n) is 3.31. The largest absolute Gasteiger partial charge is 0.481 e. The highest BCUT2D eigenvalue weighted by Gasteiger charge is 2.31. The van der Waals surface area contributed by atoms with Crippen molar-refractivity contribution in [3.63, 3.8) is 0 Å². The van der Waals surface area contributed by atoms with Crippen LogP contribution in [0.2, 0.25) is 0 Å². The zero-order valence-electron chi connectivity index (χ0n) is 12.3. The Bertz CT molecular complexity index is 643. The van der Waals surface area contributed by atoms with Gasteiger partial charge in [-0.1, -0.05) is 58.5 Å². The maximum absolute atomic E-state index is 12.4. The van der Waals surface area contributed by atoms with Gasteiger partial charge in [0.05, 0.1) is 4.91 Å². The highest BCUT2D eigenvalue weighted by Crippen LogP contribution is 2.32. The molecule has 1 aromatic carbocycles. The SMILES string of the molecule is O=C(O)CCCCCN1C(=O)/C(=C\c2ccc(Br)cc2)SC1=S. The van der Waals surface area contributed by atoms with Crippen LogP contribution >= 0.6 is 39.9 Å². The Hall–Kier alpha value is -1.18. The van der Waals surface area contributed by atoms with Crippen LogP contribution in [0.3, 0.4) is 0 Å². The number of hydrogen-bond donors (Lipinski definition) is 1. The first-order chi connectivity index (χ1) is 11.0. The second-order valence-corrected chi connectivity index (χ2v) is 7.68. The van der Waals surface area contributed by atoms with Gasteiger partial charge in [0, 0.05) is 17.4 Å². The van der Waals surface area contributed by atoms with E-state index in [2.05, 4.69) is 15.9 Å². The van der Waals surface area contributed by atoms with Crippen molar-refractivity contribution in [1.29, 1.82) is 0 Å². The molecule has 1 saturated heterocycles. The lowest BCUT2D eigenvalue weighted by molar-refractivity contribution is -0.137. The molecule has 0 aromatic heterocycles. The molecule has 0 saturated carbocycles. The molecular weight excluding hydrogens is 398 g/mol. The van der Waals surface area contributed by atoms with Crippen LogP contribution < -0.4 is 0 Å². The van der Waals surface area contributed by atoms with Gasteiger partial charge in [0.15, 0.2) is 0 Å². The van der Waals surface area contributed by atoms with Crippen LogP contribution in [0, 0.1) is 0 Å². The zero-order chi connectivity index (χ0) is 16.8. The van der Waals surface area contributed by atoms with E-state index in [4.69, 9.17) is 17.3 Å². The van der Waals surface area contributed by atoms with Crippen molar-refractivity contribution in [3.8, 4) is 0 Å². The number of rotatable bonds is 7. The Morgan fingerprint density at radius 3 is 2.61 bits per heavy atom. The normalized spacial score (nSPS) is 16.4. The number of unbranched alkanes of at least 4 members (excludes halogenated alkanes) is 2. The third-order valence-corrected chi connectivity index (χ3v) is 5.22. The standard InChI is InChI=1S/C16H16BrNO3S2/c17-12-7-5-11(6-8-12)10-13-15(21)18(16(22)23-13)9-3-1-2-4-14(19)20/h5-8,10H,1-4,9H2,(H,19,20)/b13-10+. The number of carbonyl (C=O) groups excluding carboxylic acids is 1. The lowest BCUT2D eigenvalue weighted by atomic mass is 10.2. The first-order valence-corrected chi connectivity index (χ1v) is 9.22. The summed E-state index contributed by atoms with van der Waals surface area (Å²) in [6.07, 6.45) is 4.16. The smallest absolute Gasteiger partial charge is 0.303 e. The molecular formula is C16H16BrNO3S2. The molecule has 0 atom stereocenters. The van der Waals surface area contributed by atoms with Crippen molar-refractivity contribution in [1.82, 2.24) is 4.90 Å². The maximum Gasteiger partial charge on any atom is 0.303 e. The molecule has 1 aromatic rings. The summed E-state index contributed by atoms with van der Waals surface area (Å²) in [6.45, 7) is 0.544. The summed E-state index contributed by atoms with van der Waals surface area (Å²) < 4.78 is 1.56. The van der Waals surface area contributed by atoms with Crippen LogP contribution in [0.25, 0.3) is 6.08 Å². The monoisotopic (exact) mass is 413 g/mol. The average Bonchev–Trinajstić information content (AvgIpc) is 2.76.